The minimum Gasteiger partial charge on any atom is -0.230 e. The standard InChI is InChI=1S/C10H13IO2.H4N2O2S/c1-6-5-10(11(12)13)9(4)8(3)7(6)2;1-5(2,3)4/h5H,1-4H3;(H4,1,2,3,4). The molecule has 4 N–H and O–H groups in total. The van der Waals surface area contributed by atoms with Crippen LogP contribution in [0.3, 0.4) is 0 Å². The summed E-state index contributed by atoms with van der Waals surface area (Å²) < 4.78 is 40.9. The van der Waals surface area contributed by atoms with Gasteiger partial charge in [-0.2, -0.15) is 8.42 Å². The third kappa shape index (κ3) is 5.85. The minimum absolute atomic E-state index is 0.546. The molecular weight excluding hydrogens is 371 g/mol. The third-order valence-electron chi connectivity index (χ3n) is 2.58. The number of benzene rings is 1. The Morgan fingerprint density at radius 2 is 1.33 bits per heavy atom. The normalized spacial score (nSPS) is 11.1. The van der Waals surface area contributed by atoms with E-state index in [2.05, 4.69) is 10.3 Å². The monoisotopic (exact) mass is 388 g/mol. The van der Waals surface area contributed by atoms with Crippen molar-refractivity contribution in [3.05, 3.63) is 31.9 Å². The number of hydrogen-bond donors (Lipinski definition) is 2. The summed E-state index contributed by atoms with van der Waals surface area (Å²) >= 11 is -3.31. The van der Waals surface area contributed by atoms with Crippen molar-refractivity contribution < 1.29 is 14.6 Å². The predicted molar refractivity (Wildman–Crippen MR) is 76.8 cm³/mol. The van der Waals surface area contributed by atoms with Crippen LogP contribution in [0.5, 0.6) is 0 Å². The van der Waals surface area contributed by atoms with Gasteiger partial charge in [-0.05, 0) is 56.0 Å². The van der Waals surface area contributed by atoms with Crippen LogP contribution < -0.4 is 10.3 Å². The van der Waals surface area contributed by atoms with Gasteiger partial charge < -0.3 is 0 Å². The second-order valence-corrected chi connectivity index (χ2v) is 7.44. The Morgan fingerprint density at radius 1 is 0.944 bits per heavy atom. The Morgan fingerprint density at radius 3 is 1.67 bits per heavy atom. The molecule has 0 aromatic heterocycles. The van der Waals surface area contributed by atoms with Gasteiger partial charge in [0.25, 0.3) is 10.2 Å². The molecule has 0 aliphatic rings. The molecule has 0 heterocycles. The summed E-state index contributed by atoms with van der Waals surface area (Å²) in [5.41, 5.74) is 4.27. The highest BCUT2D eigenvalue weighted by molar-refractivity contribution is 14.2. The van der Waals surface area contributed by atoms with E-state index in [9.17, 15) is 14.6 Å². The van der Waals surface area contributed by atoms with E-state index in [1.165, 1.54) is 5.56 Å². The molecule has 8 heteroatoms. The summed E-state index contributed by atoms with van der Waals surface area (Å²) in [5, 5.41) is 8.21. The number of rotatable bonds is 1. The molecule has 0 atom stereocenters. The van der Waals surface area contributed by atoms with Gasteiger partial charge >= 0.3 is 19.8 Å². The highest BCUT2D eigenvalue weighted by atomic mass is 127. The Bertz CT molecular complexity index is 605. The van der Waals surface area contributed by atoms with Gasteiger partial charge in [0.05, 0.1) is 3.57 Å². The lowest BCUT2D eigenvalue weighted by atomic mass is 10.0. The highest BCUT2D eigenvalue weighted by Gasteiger charge is 2.09. The fourth-order valence-electron chi connectivity index (χ4n) is 1.32. The SMILES string of the molecule is Cc1cc(I(=O)=O)c(C)c(C)c1C.NS(N)(=O)=O. The van der Waals surface area contributed by atoms with Crippen molar-refractivity contribution in [3.8, 4) is 0 Å². The van der Waals surface area contributed by atoms with Gasteiger partial charge in [-0.15, -0.1) is 0 Å². The zero-order valence-electron chi connectivity index (χ0n) is 10.7. The summed E-state index contributed by atoms with van der Waals surface area (Å²) in [4.78, 5) is 0. The molecule has 6 nitrogen and oxygen atoms in total. The van der Waals surface area contributed by atoms with Crippen molar-refractivity contribution in [2.75, 3.05) is 0 Å². The fraction of sp³-hybridized carbons (Fsp3) is 0.400. The Labute approximate surface area is 114 Å². The average Bonchev–Trinajstić information content (AvgIpc) is 2.17. The summed E-state index contributed by atoms with van der Waals surface area (Å²) in [5.74, 6) is 0. The first-order chi connectivity index (χ1) is 7.95. The fourth-order valence-corrected chi connectivity index (χ4v) is 3.11. The molecule has 18 heavy (non-hydrogen) atoms. The summed E-state index contributed by atoms with van der Waals surface area (Å²) in [6, 6.07) is 1.78. The van der Waals surface area contributed by atoms with Gasteiger partial charge in [0.2, 0.25) is 0 Å². The predicted octanol–water partition coefficient (Wildman–Crippen LogP) is 1.44. The van der Waals surface area contributed by atoms with Crippen molar-refractivity contribution in [2.24, 2.45) is 10.3 Å². The Balaban J connectivity index is 0.000000494. The van der Waals surface area contributed by atoms with E-state index in [0.717, 1.165) is 16.7 Å². The molecule has 0 radical (unpaired) electrons. The average molecular weight is 388 g/mol. The summed E-state index contributed by atoms with van der Waals surface area (Å²) in [6.45, 7) is 7.82. The van der Waals surface area contributed by atoms with E-state index in [0.29, 0.717) is 3.57 Å². The molecule has 1 aromatic rings. The first kappa shape index (κ1) is 17.4. The van der Waals surface area contributed by atoms with E-state index >= 15 is 0 Å². The molecule has 1 rings (SSSR count). The lowest BCUT2D eigenvalue weighted by Crippen LogP contribution is -2.21. The van der Waals surface area contributed by atoms with Crippen molar-refractivity contribution >= 4 is 30.0 Å². The molecule has 0 fully saturated rings. The van der Waals surface area contributed by atoms with E-state index in [4.69, 9.17) is 0 Å². The van der Waals surface area contributed by atoms with Crippen LogP contribution in [0.2, 0.25) is 0 Å². The smallest absolute Gasteiger partial charge is 0.230 e. The van der Waals surface area contributed by atoms with Crippen LogP contribution in [-0.2, 0) is 16.3 Å². The molecule has 0 aliphatic carbocycles. The van der Waals surface area contributed by atoms with Gasteiger partial charge in [-0.25, -0.2) is 16.4 Å². The second kappa shape index (κ2) is 6.55. The second-order valence-electron chi connectivity index (χ2n) is 3.86. The maximum Gasteiger partial charge on any atom is 0.341 e. The highest BCUT2D eigenvalue weighted by Crippen LogP contribution is 2.27. The van der Waals surface area contributed by atoms with Crippen LogP contribution in [0, 0.1) is 31.3 Å². The Hall–Kier alpha value is -0.580. The van der Waals surface area contributed by atoms with Crippen LogP contribution in [0.4, 0.5) is 0 Å². The lowest BCUT2D eigenvalue weighted by Gasteiger charge is -2.09. The largest absolute Gasteiger partial charge is 0.341 e. The van der Waals surface area contributed by atoms with Gasteiger partial charge in [-0.3, -0.25) is 0 Å². The molecule has 0 aliphatic heterocycles. The van der Waals surface area contributed by atoms with Crippen LogP contribution in [-0.4, -0.2) is 8.42 Å². The van der Waals surface area contributed by atoms with Crippen LogP contribution in [0.15, 0.2) is 6.07 Å². The topological polar surface area (TPSA) is 120 Å². The van der Waals surface area contributed by atoms with Crippen molar-refractivity contribution in [3.63, 3.8) is 0 Å². The van der Waals surface area contributed by atoms with E-state index < -0.39 is 30.0 Å². The lowest BCUT2D eigenvalue weighted by molar-refractivity contribution is 0.599. The van der Waals surface area contributed by atoms with E-state index in [1.54, 1.807) is 6.07 Å². The molecule has 0 saturated carbocycles. The minimum atomic E-state index is -3.67. The first-order valence-corrected chi connectivity index (χ1v) is 9.33. The van der Waals surface area contributed by atoms with Gasteiger partial charge in [0.1, 0.15) is 0 Å². The molecular formula is C10H17IN2O4S. The number of hydrogen-bond acceptors (Lipinski definition) is 4. The van der Waals surface area contributed by atoms with E-state index in [1.807, 2.05) is 27.7 Å². The number of aryl methyl sites for hydroxylation is 1. The maximum absolute atomic E-state index is 11.0. The maximum atomic E-state index is 11.0. The first-order valence-electron chi connectivity index (χ1n) is 4.88. The van der Waals surface area contributed by atoms with Crippen LogP contribution in [0.1, 0.15) is 22.3 Å². The molecule has 0 spiro atoms. The van der Waals surface area contributed by atoms with Crippen molar-refractivity contribution in [1.29, 1.82) is 0 Å². The molecule has 104 valence electrons. The van der Waals surface area contributed by atoms with Crippen LogP contribution in [0.25, 0.3) is 0 Å². The molecule has 0 unspecified atom stereocenters. The molecule has 0 saturated heterocycles. The molecule has 0 amide bonds. The van der Waals surface area contributed by atoms with Gasteiger partial charge in [0.15, 0.2) is 0 Å². The van der Waals surface area contributed by atoms with E-state index in [-0.39, 0.29) is 0 Å². The zero-order valence-corrected chi connectivity index (χ0v) is 13.6. The number of nitrogens with two attached hydrogens (primary N) is 2. The quantitative estimate of drug-likeness (QED) is 0.707. The summed E-state index contributed by atoms with van der Waals surface area (Å²) in [7, 11) is -3.67. The molecule has 0 bridgehead atoms. The van der Waals surface area contributed by atoms with Crippen molar-refractivity contribution in [2.45, 2.75) is 27.7 Å². The van der Waals surface area contributed by atoms with Crippen LogP contribution >= 0.6 is 19.8 Å². The number of halogens is 1. The van der Waals surface area contributed by atoms with Gasteiger partial charge in [0, 0.05) is 0 Å². The summed E-state index contributed by atoms with van der Waals surface area (Å²) in [6.07, 6.45) is 0. The zero-order chi connectivity index (χ0) is 14.7. The van der Waals surface area contributed by atoms with Gasteiger partial charge in [-0.1, -0.05) is 0 Å². The Kier molecular flexibility index (Phi) is 6.34. The molecule has 1 aromatic carbocycles. The third-order valence-corrected chi connectivity index (χ3v) is 4.65. The van der Waals surface area contributed by atoms with Crippen molar-refractivity contribution in [1.82, 2.24) is 0 Å².